The van der Waals surface area contributed by atoms with Crippen LogP contribution in [0.2, 0.25) is 0 Å². The molecule has 2 aromatic rings. The molecule has 0 saturated carbocycles. The lowest BCUT2D eigenvalue weighted by atomic mass is 10.1. The normalized spacial score (nSPS) is 18.0. The number of carbonyl (C=O) groups is 2. The summed E-state index contributed by atoms with van der Waals surface area (Å²) in [4.78, 5) is 25.3. The number of anilines is 1. The Morgan fingerprint density at radius 2 is 2.14 bits per heavy atom. The van der Waals surface area contributed by atoms with Gasteiger partial charge in [-0.15, -0.1) is 0 Å². The lowest BCUT2D eigenvalue weighted by Gasteiger charge is -2.19. The number of hydrogen-bond donors (Lipinski definition) is 2. The number of benzene rings is 1. The van der Waals surface area contributed by atoms with E-state index in [-0.39, 0.29) is 11.8 Å². The van der Waals surface area contributed by atoms with E-state index in [1.54, 1.807) is 13.2 Å². The van der Waals surface area contributed by atoms with E-state index in [1.807, 2.05) is 30.3 Å². The summed E-state index contributed by atoms with van der Waals surface area (Å²) in [5.74, 6) is -0.174. The molecule has 1 fully saturated rings. The number of H-pyrrole nitrogens is 1. The largest absolute Gasteiger partial charge is 0.334 e. The molecule has 3 rings (SSSR count). The number of hydrogen-bond acceptors (Lipinski definition) is 3. The summed E-state index contributed by atoms with van der Waals surface area (Å²) in [6, 6.07) is 9.24. The minimum atomic E-state index is -0.406. The average Bonchev–Trinajstić information content (AvgIpc) is 3.08. The molecule has 1 aromatic carbocycles. The first-order valence-corrected chi connectivity index (χ1v) is 6.82. The fourth-order valence-electron chi connectivity index (χ4n) is 2.53. The number of rotatable bonds is 3. The van der Waals surface area contributed by atoms with Gasteiger partial charge in [0.15, 0.2) is 0 Å². The smallest absolute Gasteiger partial charge is 0.247 e. The summed E-state index contributed by atoms with van der Waals surface area (Å²) >= 11 is 0. The standard InChI is InChI=1S/C15H16N4O2/c1-19-12(7-8-13(19)20)15(21)17-11-9-16-18-14(11)10-5-3-2-4-6-10/h2-6,9,12H,7-8H2,1H3,(H,16,18)(H,17,21). The van der Waals surface area contributed by atoms with E-state index < -0.39 is 6.04 Å². The minimum absolute atomic E-state index is 0.00521. The molecule has 2 heterocycles. The zero-order valence-corrected chi connectivity index (χ0v) is 11.7. The van der Waals surface area contributed by atoms with Crippen molar-refractivity contribution < 1.29 is 9.59 Å². The van der Waals surface area contributed by atoms with Crippen LogP contribution in [-0.2, 0) is 9.59 Å². The molecule has 0 radical (unpaired) electrons. The molecule has 21 heavy (non-hydrogen) atoms. The third-order valence-electron chi connectivity index (χ3n) is 3.75. The van der Waals surface area contributed by atoms with Gasteiger partial charge in [-0.2, -0.15) is 5.10 Å². The van der Waals surface area contributed by atoms with Gasteiger partial charge in [0.25, 0.3) is 0 Å². The predicted octanol–water partition coefficient (Wildman–Crippen LogP) is 1.64. The van der Waals surface area contributed by atoms with Crippen LogP contribution in [0.15, 0.2) is 36.5 Å². The van der Waals surface area contributed by atoms with Gasteiger partial charge in [0.1, 0.15) is 6.04 Å². The Morgan fingerprint density at radius 1 is 1.38 bits per heavy atom. The summed E-state index contributed by atoms with van der Waals surface area (Å²) in [7, 11) is 1.66. The second-order valence-corrected chi connectivity index (χ2v) is 5.07. The lowest BCUT2D eigenvalue weighted by molar-refractivity contribution is -0.131. The van der Waals surface area contributed by atoms with Crippen molar-refractivity contribution in [3.63, 3.8) is 0 Å². The van der Waals surface area contributed by atoms with Crippen LogP contribution in [0.1, 0.15) is 12.8 Å². The fraction of sp³-hybridized carbons (Fsp3) is 0.267. The Kier molecular flexibility index (Phi) is 3.43. The molecular formula is C15H16N4O2. The monoisotopic (exact) mass is 284 g/mol. The third kappa shape index (κ3) is 2.52. The number of likely N-dealkylation sites (N-methyl/N-ethyl adjacent to an activating group) is 1. The van der Waals surface area contributed by atoms with Crippen LogP contribution in [0.25, 0.3) is 11.3 Å². The quantitative estimate of drug-likeness (QED) is 0.899. The fourth-order valence-corrected chi connectivity index (χ4v) is 2.53. The Hall–Kier alpha value is -2.63. The predicted molar refractivity (Wildman–Crippen MR) is 78.4 cm³/mol. The Balaban J connectivity index is 1.79. The van der Waals surface area contributed by atoms with Gasteiger partial charge in [-0.3, -0.25) is 14.7 Å². The molecule has 108 valence electrons. The van der Waals surface area contributed by atoms with E-state index in [2.05, 4.69) is 15.5 Å². The van der Waals surface area contributed by atoms with Gasteiger partial charge < -0.3 is 10.2 Å². The first-order chi connectivity index (χ1) is 10.2. The SMILES string of the molecule is CN1C(=O)CCC1C(=O)Nc1cn[nH]c1-c1ccccc1. The molecule has 6 heteroatoms. The van der Waals surface area contributed by atoms with Gasteiger partial charge in [0, 0.05) is 19.0 Å². The highest BCUT2D eigenvalue weighted by atomic mass is 16.2. The number of aromatic amines is 1. The van der Waals surface area contributed by atoms with Gasteiger partial charge in [-0.25, -0.2) is 0 Å². The minimum Gasteiger partial charge on any atom is -0.334 e. The Morgan fingerprint density at radius 3 is 2.81 bits per heavy atom. The number of aromatic nitrogens is 2. The zero-order chi connectivity index (χ0) is 14.8. The highest BCUT2D eigenvalue weighted by molar-refractivity contribution is 6.00. The molecule has 1 saturated heterocycles. The second kappa shape index (κ2) is 5.40. The molecular weight excluding hydrogens is 268 g/mol. The molecule has 0 spiro atoms. The van der Waals surface area contributed by atoms with E-state index in [4.69, 9.17) is 0 Å². The molecule has 2 amide bonds. The molecule has 1 aliphatic rings. The summed E-state index contributed by atoms with van der Waals surface area (Å²) in [5.41, 5.74) is 2.33. The van der Waals surface area contributed by atoms with Crippen LogP contribution in [0.3, 0.4) is 0 Å². The number of likely N-dealkylation sites (tertiary alicyclic amines) is 1. The summed E-state index contributed by atoms with van der Waals surface area (Å²) in [6.07, 6.45) is 2.56. The van der Waals surface area contributed by atoms with Crippen molar-refractivity contribution in [3.05, 3.63) is 36.5 Å². The summed E-state index contributed by atoms with van der Waals surface area (Å²) in [6.45, 7) is 0. The van der Waals surface area contributed by atoms with Crippen molar-refractivity contribution in [2.24, 2.45) is 0 Å². The lowest BCUT2D eigenvalue weighted by Crippen LogP contribution is -2.38. The third-order valence-corrected chi connectivity index (χ3v) is 3.75. The maximum absolute atomic E-state index is 12.3. The number of carbonyl (C=O) groups excluding carboxylic acids is 2. The number of nitrogens with zero attached hydrogens (tertiary/aromatic N) is 2. The van der Waals surface area contributed by atoms with Crippen molar-refractivity contribution in [1.29, 1.82) is 0 Å². The molecule has 1 atom stereocenters. The molecule has 0 aliphatic carbocycles. The van der Waals surface area contributed by atoms with Crippen LogP contribution in [0, 0.1) is 0 Å². The first kappa shape index (κ1) is 13.4. The molecule has 1 aliphatic heterocycles. The highest BCUT2D eigenvalue weighted by Gasteiger charge is 2.33. The molecule has 1 unspecified atom stereocenters. The highest BCUT2D eigenvalue weighted by Crippen LogP contribution is 2.26. The maximum atomic E-state index is 12.3. The molecule has 0 bridgehead atoms. The van der Waals surface area contributed by atoms with Gasteiger partial charge >= 0.3 is 0 Å². The molecule has 6 nitrogen and oxygen atoms in total. The van der Waals surface area contributed by atoms with E-state index in [0.717, 1.165) is 11.3 Å². The number of amides is 2. The van der Waals surface area contributed by atoms with Crippen LogP contribution in [0.4, 0.5) is 5.69 Å². The van der Waals surface area contributed by atoms with Gasteiger partial charge in [-0.05, 0) is 6.42 Å². The van der Waals surface area contributed by atoms with E-state index >= 15 is 0 Å². The number of nitrogens with one attached hydrogen (secondary N) is 2. The van der Waals surface area contributed by atoms with E-state index in [9.17, 15) is 9.59 Å². The van der Waals surface area contributed by atoms with Crippen molar-refractivity contribution in [2.45, 2.75) is 18.9 Å². The van der Waals surface area contributed by atoms with Crippen molar-refractivity contribution >= 4 is 17.5 Å². The Bertz CT molecular complexity index is 665. The van der Waals surface area contributed by atoms with E-state index in [1.165, 1.54) is 4.90 Å². The van der Waals surface area contributed by atoms with E-state index in [0.29, 0.717) is 18.5 Å². The topological polar surface area (TPSA) is 78.1 Å². The second-order valence-electron chi connectivity index (χ2n) is 5.07. The Labute approximate surface area is 122 Å². The van der Waals surface area contributed by atoms with Crippen LogP contribution in [-0.4, -0.2) is 40.0 Å². The first-order valence-electron chi connectivity index (χ1n) is 6.82. The molecule has 1 aromatic heterocycles. The van der Waals surface area contributed by atoms with Gasteiger partial charge in [-0.1, -0.05) is 30.3 Å². The molecule has 2 N–H and O–H groups in total. The maximum Gasteiger partial charge on any atom is 0.247 e. The van der Waals surface area contributed by atoms with Crippen molar-refractivity contribution in [3.8, 4) is 11.3 Å². The average molecular weight is 284 g/mol. The van der Waals surface area contributed by atoms with Crippen LogP contribution in [0.5, 0.6) is 0 Å². The summed E-state index contributed by atoms with van der Waals surface area (Å²) in [5, 5.41) is 9.74. The zero-order valence-electron chi connectivity index (χ0n) is 11.7. The van der Waals surface area contributed by atoms with Crippen LogP contribution < -0.4 is 5.32 Å². The van der Waals surface area contributed by atoms with Crippen molar-refractivity contribution in [1.82, 2.24) is 15.1 Å². The van der Waals surface area contributed by atoms with Crippen LogP contribution >= 0.6 is 0 Å². The van der Waals surface area contributed by atoms with Gasteiger partial charge in [0.05, 0.1) is 17.6 Å². The van der Waals surface area contributed by atoms with Gasteiger partial charge in [0.2, 0.25) is 11.8 Å². The summed E-state index contributed by atoms with van der Waals surface area (Å²) < 4.78 is 0. The van der Waals surface area contributed by atoms with Crippen molar-refractivity contribution in [2.75, 3.05) is 12.4 Å².